The number of urea groups is 1. The summed E-state index contributed by atoms with van der Waals surface area (Å²) < 4.78 is 1.92. The van der Waals surface area contributed by atoms with Gasteiger partial charge < -0.3 is 9.88 Å². The molecule has 3 heterocycles. The molecule has 2 aromatic heterocycles. The fourth-order valence-corrected chi connectivity index (χ4v) is 3.55. The molecule has 2 aromatic rings. The van der Waals surface area contributed by atoms with Crippen LogP contribution in [-0.4, -0.2) is 50.4 Å². The van der Waals surface area contributed by atoms with E-state index in [0.29, 0.717) is 12.3 Å². The number of hydrogen-bond donors (Lipinski definition) is 1. The van der Waals surface area contributed by atoms with Gasteiger partial charge in [0.2, 0.25) is 5.91 Å². The Kier molecular flexibility index (Phi) is 3.93. The first-order chi connectivity index (χ1) is 10.2. The standard InChI is InChI=1S/C12H13N5O2S2/c1-16-10(8-3-2-5-20-8)14-15-12(16)21-6-4-17-9(18)7-13-11(17)19/h2-3,5H,4,6-7H2,1H3,(H,13,19). The third-order valence-electron chi connectivity index (χ3n) is 3.06. The van der Waals surface area contributed by atoms with Crippen molar-refractivity contribution in [3.05, 3.63) is 17.5 Å². The van der Waals surface area contributed by atoms with E-state index in [9.17, 15) is 9.59 Å². The van der Waals surface area contributed by atoms with Crippen LogP contribution in [0.15, 0.2) is 22.7 Å². The second-order valence-electron chi connectivity index (χ2n) is 4.40. The Morgan fingerprint density at radius 1 is 1.43 bits per heavy atom. The van der Waals surface area contributed by atoms with Gasteiger partial charge in [-0.05, 0) is 11.4 Å². The average Bonchev–Trinajstić information content (AvgIpc) is 3.16. The molecule has 3 rings (SSSR count). The number of aromatic nitrogens is 3. The Balaban J connectivity index is 1.61. The summed E-state index contributed by atoms with van der Waals surface area (Å²) in [5.74, 6) is 1.23. The van der Waals surface area contributed by atoms with Crippen molar-refractivity contribution in [2.24, 2.45) is 7.05 Å². The van der Waals surface area contributed by atoms with Crippen molar-refractivity contribution in [1.29, 1.82) is 0 Å². The van der Waals surface area contributed by atoms with Crippen LogP contribution in [0.3, 0.4) is 0 Å². The van der Waals surface area contributed by atoms with Gasteiger partial charge in [-0.15, -0.1) is 21.5 Å². The minimum absolute atomic E-state index is 0.0932. The molecule has 1 N–H and O–H groups in total. The summed E-state index contributed by atoms with van der Waals surface area (Å²) in [5, 5.41) is 13.6. The predicted molar refractivity (Wildman–Crippen MR) is 80.2 cm³/mol. The topological polar surface area (TPSA) is 80.1 Å². The Morgan fingerprint density at radius 3 is 2.95 bits per heavy atom. The van der Waals surface area contributed by atoms with E-state index in [1.807, 2.05) is 29.1 Å². The van der Waals surface area contributed by atoms with Crippen LogP contribution in [0, 0.1) is 0 Å². The number of rotatable bonds is 5. The first-order valence-corrected chi connectivity index (χ1v) is 8.17. The molecule has 0 saturated carbocycles. The van der Waals surface area contributed by atoms with Gasteiger partial charge in [0.15, 0.2) is 11.0 Å². The highest BCUT2D eigenvalue weighted by Gasteiger charge is 2.27. The molecule has 110 valence electrons. The van der Waals surface area contributed by atoms with Crippen LogP contribution in [0.25, 0.3) is 10.7 Å². The quantitative estimate of drug-likeness (QED) is 0.660. The molecule has 0 aromatic carbocycles. The summed E-state index contributed by atoms with van der Waals surface area (Å²) in [6.07, 6.45) is 0. The minimum atomic E-state index is -0.321. The number of carbonyl (C=O) groups is 2. The molecule has 0 atom stereocenters. The summed E-state index contributed by atoms with van der Waals surface area (Å²) in [6.45, 7) is 0.465. The SMILES string of the molecule is Cn1c(SCCN2C(=O)CNC2=O)nnc1-c1cccs1. The molecule has 0 radical (unpaired) electrons. The van der Waals surface area contributed by atoms with Crippen molar-refractivity contribution in [2.75, 3.05) is 18.8 Å². The Bertz CT molecular complexity index is 651. The molecule has 3 amide bonds. The monoisotopic (exact) mass is 323 g/mol. The first kappa shape index (κ1) is 14.1. The van der Waals surface area contributed by atoms with Crippen molar-refractivity contribution in [3.63, 3.8) is 0 Å². The molecular formula is C12H13N5O2S2. The summed E-state index contributed by atoms with van der Waals surface area (Å²) in [6, 6.07) is 3.65. The zero-order valence-electron chi connectivity index (χ0n) is 11.3. The number of hydrogen-bond acceptors (Lipinski definition) is 6. The van der Waals surface area contributed by atoms with Crippen LogP contribution in [0.5, 0.6) is 0 Å². The zero-order chi connectivity index (χ0) is 14.8. The third-order valence-corrected chi connectivity index (χ3v) is 4.93. The van der Waals surface area contributed by atoms with Gasteiger partial charge in [-0.25, -0.2) is 4.79 Å². The lowest BCUT2D eigenvalue weighted by Gasteiger charge is -2.11. The van der Waals surface area contributed by atoms with Gasteiger partial charge in [-0.1, -0.05) is 17.8 Å². The smallest absolute Gasteiger partial charge is 0.324 e. The Hall–Kier alpha value is -1.87. The molecular weight excluding hydrogens is 310 g/mol. The number of carbonyl (C=O) groups excluding carboxylic acids is 2. The van der Waals surface area contributed by atoms with Crippen LogP contribution in [-0.2, 0) is 11.8 Å². The highest BCUT2D eigenvalue weighted by molar-refractivity contribution is 7.99. The average molecular weight is 323 g/mol. The Labute approximate surface area is 129 Å². The fourth-order valence-electron chi connectivity index (χ4n) is 1.97. The summed E-state index contributed by atoms with van der Waals surface area (Å²) in [7, 11) is 1.91. The van der Waals surface area contributed by atoms with Crippen LogP contribution >= 0.6 is 23.1 Å². The third kappa shape index (κ3) is 2.79. The molecule has 0 spiro atoms. The molecule has 7 nitrogen and oxygen atoms in total. The maximum atomic E-state index is 11.5. The number of nitrogens with one attached hydrogen (secondary N) is 1. The molecule has 0 aliphatic carbocycles. The van der Waals surface area contributed by atoms with Gasteiger partial charge in [0.25, 0.3) is 0 Å². The van der Waals surface area contributed by atoms with Crippen LogP contribution in [0.2, 0.25) is 0 Å². The van der Waals surface area contributed by atoms with Crippen LogP contribution < -0.4 is 5.32 Å². The van der Waals surface area contributed by atoms with Crippen molar-refractivity contribution < 1.29 is 9.59 Å². The lowest BCUT2D eigenvalue weighted by Crippen LogP contribution is -2.32. The number of imide groups is 1. The van der Waals surface area contributed by atoms with Gasteiger partial charge in [-0.2, -0.15) is 0 Å². The maximum absolute atomic E-state index is 11.5. The lowest BCUT2D eigenvalue weighted by atomic mass is 10.4. The highest BCUT2D eigenvalue weighted by Crippen LogP contribution is 2.25. The first-order valence-electron chi connectivity index (χ1n) is 6.31. The van der Waals surface area contributed by atoms with Crippen molar-refractivity contribution in [3.8, 4) is 10.7 Å². The largest absolute Gasteiger partial charge is 0.329 e. The molecule has 21 heavy (non-hydrogen) atoms. The highest BCUT2D eigenvalue weighted by atomic mass is 32.2. The zero-order valence-corrected chi connectivity index (χ0v) is 12.9. The van der Waals surface area contributed by atoms with Gasteiger partial charge in [0.05, 0.1) is 11.4 Å². The molecule has 0 unspecified atom stereocenters. The number of nitrogens with zero attached hydrogens (tertiary/aromatic N) is 4. The molecule has 1 fully saturated rings. The van der Waals surface area contributed by atoms with E-state index in [1.165, 1.54) is 16.7 Å². The normalized spacial score (nSPS) is 14.8. The van der Waals surface area contributed by atoms with Gasteiger partial charge in [-0.3, -0.25) is 9.69 Å². The van der Waals surface area contributed by atoms with E-state index in [-0.39, 0.29) is 18.5 Å². The van der Waals surface area contributed by atoms with Gasteiger partial charge in [0, 0.05) is 19.3 Å². The Morgan fingerprint density at radius 2 is 2.29 bits per heavy atom. The van der Waals surface area contributed by atoms with E-state index in [0.717, 1.165) is 15.9 Å². The molecule has 1 aliphatic rings. The van der Waals surface area contributed by atoms with E-state index >= 15 is 0 Å². The van der Waals surface area contributed by atoms with E-state index in [1.54, 1.807) is 11.3 Å². The van der Waals surface area contributed by atoms with E-state index in [4.69, 9.17) is 0 Å². The van der Waals surface area contributed by atoms with Gasteiger partial charge >= 0.3 is 6.03 Å². The lowest BCUT2D eigenvalue weighted by molar-refractivity contribution is -0.124. The number of amides is 3. The van der Waals surface area contributed by atoms with Crippen molar-refractivity contribution >= 4 is 35.0 Å². The molecule has 9 heteroatoms. The van der Waals surface area contributed by atoms with Crippen LogP contribution in [0.1, 0.15) is 0 Å². The summed E-state index contributed by atoms with van der Waals surface area (Å²) in [5.41, 5.74) is 0. The van der Waals surface area contributed by atoms with E-state index < -0.39 is 0 Å². The molecule has 0 bridgehead atoms. The molecule has 1 aliphatic heterocycles. The maximum Gasteiger partial charge on any atom is 0.324 e. The summed E-state index contributed by atoms with van der Waals surface area (Å²) in [4.78, 5) is 25.1. The van der Waals surface area contributed by atoms with E-state index in [2.05, 4.69) is 15.5 Å². The van der Waals surface area contributed by atoms with Crippen molar-refractivity contribution in [1.82, 2.24) is 25.0 Å². The predicted octanol–water partition coefficient (Wildman–Crippen LogP) is 1.19. The van der Waals surface area contributed by atoms with Crippen molar-refractivity contribution in [2.45, 2.75) is 5.16 Å². The van der Waals surface area contributed by atoms with Crippen LogP contribution in [0.4, 0.5) is 4.79 Å². The van der Waals surface area contributed by atoms with Gasteiger partial charge in [0.1, 0.15) is 0 Å². The fraction of sp³-hybridized carbons (Fsp3) is 0.333. The second-order valence-corrected chi connectivity index (χ2v) is 6.40. The summed E-state index contributed by atoms with van der Waals surface area (Å²) >= 11 is 3.09. The minimum Gasteiger partial charge on any atom is -0.329 e. The second kappa shape index (κ2) is 5.86. The number of thiophene rings is 1. The number of thioether (sulfide) groups is 1. The molecule has 1 saturated heterocycles.